The third kappa shape index (κ3) is 7.20. The first-order chi connectivity index (χ1) is 13.6. The van der Waals surface area contributed by atoms with E-state index in [9.17, 15) is 0 Å². The van der Waals surface area contributed by atoms with Crippen molar-refractivity contribution in [2.75, 3.05) is 0 Å². The van der Waals surface area contributed by atoms with Gasteiger partial charge in [0.2, 0.25) is 0 Å². The monoisotopic (exact) mass is 390 g/mol. The normalized spacial score (nSPS) is 13.3. The first-order valence-corrected chi connectivity index (χ1v) is 10.7. The topological polar surface area (TPSA) is 24.4 Å². The Kier molecular flexibility index (Phi) is 7.84. The summed E-state index contributed by atoms with van der Waals surface area (Å²) in [4.78, 5) is 4.81. The molecule has 0 spiro atoms. The lowest BCUT2D eigenvalue weighted by Crippen LogP contribution is -2.20. The van der Waals surface area contributed by atoms with E-state index in [-0.39, 0.29) is 5.41 Å². The van der Waals surface area contributed by atoms with Crippen molar-refractivity contribution in [3.8, 4) is 0 Å². The fourth-order valence-corrected chi connectivity index (χ4v) is 3.45. The highest BCUT2D eigenvalue weighted by molar-refractivity contribution is 5.88. The average molecular weight is 391 g/mol. The lowest BCUT2D eigenvalue weighted by Gasteiger charge is -2.19. The molecular weight excluding hydrogens is 352 g/mol. The summed E-state index contributed by atoms with van der Waals surface area (Å²) >= 11 is 0. The number of benzene rings is 2. The largest absolute Gasteiger partial charge is 0.344 e. The zero-order valence-corrected chi connectivity index (χ0v) is 19.4. The number of nitrogens with zero attached hydrogens (tertiary/aromatic N) is 1. The minimum absolute atomic E-state index is 0.164. The van der Waals surface area contributed by atoms with Crippen LogP contribution in [0.4, 0.5) is 0 Å². The molecule has 0 aromatic heterocycles. The minimum atomic E-state index is 0.164. The van der Waals surface area contributed by atoms with E-state index in [0.29, 0.717) is 6.04 Å². The van der Waals surface area contributed by atoms with Crippen LogP contribution in [0.5, 0.6) is 0 Å². The fraction of sp³-hybridized carbons (Fsp3) is 0.444. The average Bonchev–Trinajstić information content (AvgIpc) is 2.64. The van der Waals surface area contributed by atoms with Gasteiger partial charge in [-0.3, -0.25) is 4.99 Å². The number of hydrogen-bond acceptors (Lipinski definition) is 1. The number of nitrogens with one attached hydrogen (secondary N) is 1. The van der Waals surface area contributed by atoms with Gasteiger partial charge in [0.05, 0.1) is 5.84 Å². The quantitative estimate of drug-likeness (QED) is 0.400. The summed E-state index contributed by atoms with van der Waals surface area (Å²) in [5.74, 6) is 0.925. The van der Waals surface area contributed by atoms with E-state index >= 15 is 0 Å². The standard InChI is InChI=1S/C27H38N2/c1-19-12-13-24(18-20(19)2)11-9-10-21(3)28-23(5)29-22(4)25-14-16-26(17-15-25)27(6,7)8/h12-18,21H,4,9-11H2,1-3,5-8H3,(H,28,29). The van der Waals surface area contributed by atoms with Crippen LogP contribution in [0.15, 0.2) is 54.0 Å². The molecule has 0 aliphatic heterocycles. The van der Waals surface area contributed by atoms with E-state index in [4.69, 9.17) is 4.99 Å². The Balaban J connectivity index is 1.84. The summed E-state index contributed by atoms with van der Waals surface area (Å²) in [5.41, 5.74) is 7.66. The molecule has 0 aliphatic carbocycles. The predicted molar refractivity (Wildman–Crippen MR) is 129 cm³/mol. The molecule has 0 bridgehead atoms. The number of amidine groups is 1. The Morgan fingerprint density at radius 1 is 1.03 bits per heavy atom. The summed E-state index contributed by atoms with van der Waals surface area (Å²) in [6.45, 7) is 19.4. The van der Waals surface area contributed by atoms with E-state index in [1.807, 2.05) is 6.92 Å². The van der Waals surface area contributed by atoms with Gasteiger partial charge in [0, 0.05) is 11.7 Å². The first kappa shape index (κ1) is 22.9. The van der Waals surface area contributed by atoms with Crippen molar-refractivity contribution in [3.63, 3.8) is 0 Å². The van der Waals surface area contributed by atoms with Gasteiger partial charge < -0.3 is 5.32 Å². The Morgan fingerprint density at radius 3 is 2.28 bits per heavy atom. The van der Waals surface area contributed by atoms with Crippen molar-refractivity contribution in [1.29, 1.82) is 0 Å². The maximum Gasteiger partial charge on any atom is 0.0978 e. The molecule has 156 valence electrons. The van der Waals surface area contributed by atoms with Crippen LogP contribution in [0.3, 0.4) is 0 Å². The number of aliphatic imine (C=N–C) groups is 1. The SMILES string of the molecule is C=C(NC(C)=NC(C)CCCc1ccc(C)c(C)c1)c1ccc(C(C)(C)C)cc1. The number of hydrogen-bond donors (Lipinski definition) is 1. The van der Waals surface area contributed by atoms with Gasteiger partial charge in [0.25, 0.3) is 0 Å². The Morgan fingerprint density at radius 2 is 1.69 bits per heavy atom. The van der Waals surface area contributed by atoms with E-state index in [2.05, 4.69) is 95.9 Å². The van der Waals surface area contributed by atoms with Crippen LogP contribution in [0.25, 0.3) is 5.70 Å². The Hall–Kier alpha value is -2.35. The molecule has 1 N–H and O–H groups in total. The van der Waals surface area contributed by atoms with Crippen LogP contribution in [0.2, 0.25) is 0 Å². The van der Waals surface area contributed by atoms with Crippen LogP contribution in [0, 0.1) is 13.8 Å². The van der Waals surface area contributed by atoms with Crippen LogP contribution in [-0.2, 0) is 11.8 Å². The van der Waals surface area contributed by atoms with Gasteiger partial charge in [-0.05, 0) is 80.2 Å². The van der Waals surface area contributed by atoms with Gasteiger partial charge in [-0.15, -0.1) is 0 Å². The van der Waals surface area contributed by atoms with E-state index in [0.717, 1.165) is 36.4 Å². The second kappa shape index (κ2) is 9.91. The Labute approximate surface area is 178 Å². The molecule has 1 atom stereocenters. The second-order valence-corrected chi connectivity index (χ2v) is 9.31. The van der Waals surface area contributed by atoms with Gasteiger partial charge in [0.15, 0.2) is 0 Å². The maximum absolute atomic E-state index is 4.81. The molecule has 0 amide bonds. The molecule has 2 aromatic rings. The molecular formula is C27H38N2. The third-order valence-corrected chi connectivity index (χ3v) is 5.50. The van der Waals surface area contributed by atoms with E-state index in [1.165, 1.54) is 22.3 Å². The molecule has 0 heterocycles. The highest BCUT2D eigenvalue weighted by atomic mass is 15.0. The molecule has 1 unspecified atom stereocenters. The second-order valence-electron chi connectivity index (χ2n) is 9.31. The minimum Gasteiger partial charge on any atom is -0.344 e. The van der Waals surface area contributed by atoms with Gasteiger partial charge in [0.1, 0.15) is 0 Å². The summed E-state index contributed by atoms with van der Waals surface area (Å²) in [5, 5.41) is 3.36. The molecule has 0 aliphatic rings. The zero-order valence-electron chi connectivity index (χ0n) is 19.4. The van der Waals surface area contributed by atoms with Crippen LogP contribution >= 0.6 is 0 Å². The molecule has 2 nitrogen and oxygen atoms in total. The van der Waals surface area contributed by atoms with Crippen LogP contribution < -0.4 is 5.32 Å². The van der Waals surface area contributed by atoms with E-state index in [1.54, 1.807) is 0 Å². The van der Waals surface area contributed by atoms with Gasteiger partial charge in [-0.2, -0.15) is 0 Å². The number of rotatable bonds is 7. The summed E-state index contributed by atoms with van der Waals surface area (Å²) in [6, 6.07) is 15.7. The van der Waals surface area contributed by atoms with Crippen molar-refractivity contribution in [2.45, 2.75) is 79.2 Å². The molecule has 0 saturated heterocycles. The highest BCUT2D eigenvalue weighted by Crippen LogP contribution is 2.23. The summed E-state index contributed by atoms with van der Waals surface area (Å²) in [7, 11) is 0. The molecule has 2 rings (SSSR count). The fourth-order valence-electron chi connectivity index (χ4n) is 3.45. The first-order valence-electron chi connectivity index (χ1n) is 10.7. The van der Waals surface area contributed by atoms with Crippen molar-refractivity contribution in [1.82, 2.24) is 5.32 Å². The van der Waals surface area contributed by atoms with Crippen LogP contribution in [0.1, 0.15) is 75.3 Å². The molecule has 0 radical (unpaired) electrons. The van der Waals surface area contributed by atoms with Crippen molar-refractivity contribution < 1.29 is 0 Å². The molecule has 2 aromatic carbocycles. The van der Waals surface area contributed by atoms with Gasteiger partial charge >= 0.3 is 0 Å². The molecule has 2 heteroatoms. The molecule has 0 saturated carbocycles. The summed E-state index contributed by atoms with van der Waals surface area (Å²) < 4.78 is 0. The summed E-state index contributed by atoms with van der Waals surface area (Å²) in [6.07, 6.45) is 3.34. The molecule has 0 fully saturated rings. The van der Waals surface area contributed by atoms with E-state index < -0.39 is 0 Å². The van der Waals surface area contributed by atoms with Gasteiger partial charge in [-0.25, -0.2) is 0 Å². The lowest BCUT2D eigenvalue weighted by molar-refractivity contribution is 0.590. The van der Waals surface area contributed by atoms with Crippen molar-refractivity contribution in [2.24, 2.45) is 4.99 Å². The smallest absolute Gasteiger partial charge is 0.0978 e. The predicted octanol–water partition coefficient (Wildman–Crippen LogP) is 6.99. The maximum atomic E-state index is 4.81. The molecule has 29 heavy (non-hydrogen) atoms. The highest BCUT2D eigenvalue weighted by Gasteiger charge is 2.13. The van der Waals surface area contributed by atoms with Crippen molar-refractivity contribution in [3.05, 3.63) is 76.9 Å². The van der Waals surface area contributed by atoms with Gasteiger partial charge in [-0.1, -0.05) is 69.8 Å². The van der Waals surface area contributed by atoms with Crippen molar-refractivity contribution >= 4 is 11.5 Å². The Bertz CT molecular complexity index is 851. The third-order valence-electron chi connectivity index (χ3n) is 5.50. The van der Waals surface area contributed by atoms with Crippen LogP contribution in [-0.4, -0.2) is 11.9 Å². The zero-order chi connectivity index (χ0) is 21.6. The number of aryl methyl sites for hydroxylation is 3. The lowest BCUT2D eigenvalue weighted by atomic mass is 9.86.